The summed E-state index contributed by atoms with van der Waals surface area (Å²) in [6.45, 7) is 2.00. The number of aryl methyl sites for hydroxylation is 1. The van der Waals surface area contributed by atoms with Crippen LogP contribution in [0.25, 0.3) is 11.1 Å². The SMILES string of the molecule is COc1ccc(-c2cnn(C)c2CC(C)N)cc1. The summed E-state index contributed by atoms with van der Waals surface area (Å²) in [5.74, 6) is 0.858. The van der Waals surface area contributed by atoms with Crippen LogP contribution >= 0.6 is 0 Å². The molecule has 0 spiro atoms. The van der Waals surface area contributed by atoms with Gasteiger partial charge in [-0.3, -0.25) is 4.68 Å². The molecular formula is C14H19N3O. The lowest BCUT2D eigenvalue weighted by Gasteiger charge is -2.09. The number of nitrogens with two attached hydrogens (primary N) is 1. The second-order valence-corrected chi connectivity index (χ2v) is 4.54. The lowest BCUT2D eigenvalue weighted by molar-refractivity contribution is 0.415. The van der Waals surface area contributed by atoms with Gasteiger partial charge in [-0.25, -0.2) is 0 Å². The number of ether oxygens (including phenoxy) is 1. The third-order valence-corrected chi connectivity index (χ3v) is 2.98. The van der Waals surface area contributed by atoms with E-state index in [0.717, 1.165) is 29.0 Å². The Hall–Kier alpha value is -1.81. The molecule has 96 valence electrons. The first kappa shape index (κ1) is 12.6. The molecule has 0 bridgehead atoms. The number of hydrogen-bond acceptors (Lipinski definition) is 3. The van der Waals surface area contributed by atoms with Gasteiger partial charge in [0.1, 0.15) is 5.75 Å². The standard InChI is InChI=1S/C14H19N3O/c1-10(15)8-14-13(9-16-17(14)2)11-4-6-12(18-3)7-5-11/h4-7,9-10H,8,15H2,1-3H3. The van der Waals surface area contributed by atoms with Gasteiger partial charge in [0.05, 0.1) is 13.3 Å². The third kappa shape index (κ3) is 2.54. The summed E-state index contributed by atoms with van der Waals surface area (Å²) in [7, 11) is 3.62. The molecule has 1 aromatic carbocycles. The molecule has 0 aliphatic carbocycles. The Morgan fingerprint density at radius 1 is 1.33 bits per heavy atom. The molecule has 2 aromatic rings. The highest BCUT2D eigenvalue weighted by Gasteiger charge is 2.12. The van der Waals surface area contributed by atoms with Crippen LogP contribution in [0.1, 0.15) is 12.6 Å². The van der Waals surface area contributed by atoms with E-state index in [1.807, 2.05) is 49.1 Å². The molecule has 0 radical (unpaired) electrons. The largest absolute Gasteiger partial charge is 0.497 e. The van der Waals surface area contributed by atoms with Crippen molar-refractivity contribution in [2.45, 2.75) is 19.4 Å². The van der Waals surface area contributed by atoms with E-state index >= 15 is 0 Å². The summed E-state index contributed by atoms with van der Waals surface area (Å²) in [6.07, 6.45) is 2.71. The van der Waals surface area contributed by atoms with Gasteiger partial charge in [-0.1, -0.05) is 12.1 Å². The molecule has 1 atom stereocenters. The molecule has 1 aromatic heterocycles. The molecule has 0 saturated carbocycles. The average Bonchev–Trinajstić information content (AvgIpc) is 2.71. The van der Waals surface area contributed by atoms with E-state index in [0.29, 0.717) is 0 Å². The van der Waals surface area contributed by atoms with E-state index in [2.05, 4.69) is 5.10 Å². The first-order chi connectivity index (χ1) is 8.61. The molecular weight excluding hydrogens is 226 g/mol. The summed E-state index contributed by atoms with van der Waals surface area (Å²) >= 11 is 0. The summed E-state index contributed by atoms with van der Waals surface area (Å²) in [4.78, 5) is 0. The maximum atomic E-state index is 5.88. The van der Waals surface area contributed by atoms with Crippen LogP contribution in [-0.2, 0) is 13.5 Å². The molecule has 0 aliphatic rings. The van der Waals surface area contributed by atoms with Crippen molar-refractivity contribution in [1.82, 2.24) is 9.78 Å². The fourth-order valence-electron chi connectivity index (χ4n) is 2.02. The quantitative estimate of drug-likeness (QED) is 0.896. The van der Waals surface area contributed by atoms with Crippen LogP contribution in [0, 0.1) is 0 Å². The number of hydrogen-bond donors (Lipinski definition) is 1. The summed E-state index contributed by atoms with van der Waals surface area (Å²) in [5.41, 5.74) is 9.32. The van der Waals surface area contributed by atoms with Crippen molar-refractivity contribution in [3.8, 4) is 16.9 Å². The normalized spacial score (nSPS) is 12.4. The van der Waals surface area contributed by atoms with Crippen LogP contribution in [0.3, 0.4) is 0 Å². The minimum atomic E-state index is 0.123. The Labute approximate surface area is 107 Å². The van der Waals surface area contributed by atoms with E-state index < -0.39 is 0 Å². The Kier molecular flexibility index (Phi) is 3.67. The van der Waals surface area contributed by atoms with E-state index in [1.54, 1.807) is 7.11 Å². The zero-order valence-corrected chi connectivity index (χ0v) is 11.1. The second kappa shape index (κ2) is 5.23. The van der Waals surface area contributed by atoms with Gasteiger partial charge in [0, 0.05) is 30.8 Å². The number of rotatable bonds is 4. The van der Waals surface area contributed by atoms with Crippen LogP contribution in [0.5, 0.6) is 5.75 Å². The molecule has 0 aliphatic heterocycles. The van der Waals surface area contributed by atoms with Gasteiger partial charge in [-0.05, 0) is 24.6 Å². The minimum absolute atomic E-state index is 0.123. The molecule has 4 nitrogen and oxygen atoms in total. The summed E-state index contributed by atoms with van der Waals surface area (Å²) in [5, 5.41) is 4.32. The van der Waals surface area contributed by atoms with Crippen molar-refractivity contribution >= 4 is 0 Å². The van der Waals surface area contributed by atoms with Crippen LogP contribution in [0.15, 0.2) is 30.5 Å². The average molecular weight is 245 g/mol. The van der Waals surface area contributed by atoms with Crippen molar-refractivity contribution in [3.05, 3.63) is 36.2 Å². The Morgan fingerprint density at radius 3 is 2.56 bits per heavy atom. The van der Waals surface area contributed by atoms with Crippen LogP contribution in [-0.4, -0.2) is 22.9 Å². The molecule has 2 rings (SSSR count). The second-order valence-electron chi connectivity index (χ2n) is 4.54. The Morgan fingerprint density at radius 2 is 2.00 bits per heavy atom. The highest BCUT2D eigenvalue weighted by molar-refractivity contribution is 5.66. The zero-order valence-electron chi connectivity index (χ0n) is 11.1. The summed E-state index contributed by atoms with van der Waals surface area (Å²) < 4.78 is 7.06. The molecule has 18 heavy (non-hydrogen) atoms. The number of methoxy groups -OCH3 is 1. The highest BCUT2D eigenvalue weighted by Crippen LogP contribution is 2.26. The lowest BCUT2D eigenvalue weighted by Crippen LogP contribution is -2.20. The lowest BCUT2D eigenvalue weighted by atomic mass is 10.0. The van der Waals surface area contributed by atoms with Gasteiger partial charge < -0.3 is 10.5 Å². The first-order valence-electron chi connectivity index (χ1n) is 6.02. The van der Waals surface area contributed by atoms with E-state index in [9.17, 15) is 0 Å². The van der Waals surface area contributed by atoms with Gasteiger partial charge in [-0.2, -0.15) is 5.10 Å². The van der Waals surface area contributed by atoms with Crippen LogP contribution < -0.4 is 10.5 Å². The van der Waals surface area contributed by atoms with E-state index in [-0.39, 0.29) is 6.04 Å². The number of aromatic nitrogens is 2. The van der Waals surface area contributed by atoms with Gasteiger partial charge in [-0.15, -0.1) is 0 Å². The van der Waals surface area contributed by atoms with Crippen LogP contribution in [0.4, 0.5) is 0 Å². The fraction of sp³-hybridized carbons (Fsp3) is 0.357. The topological polar surface area (TPSA) is 53.1 Å². The minimum Gasteiger partial charge on any atom is -0.497 e. The van der Waals surface area contributed by atoms with Crippen molar-refractivity contribution in [1.29, 1.82) is 0 Å². The fourth-order valence-corrected chi connectivity index (χ4v) is 2.02. The molecule has 1 unspecified atom stereocenters. The van der Waals surface area contributed by atoms with Crippen molar-refractivity contribution in [3.63, 3.8) is 0 Å². The molecule has 0 amide bonds. The Bertz CT molecular complexity index is 514. The molecule has 1 heterocycles. The molecule has 0 fully saturated rings. The van der Waals surface area contributed by atoms with Crippen molar-refractivity contribution < 1.29 is 4.74 Å². The van der Waals surface area contributed by atoms with Gasteiger partial charge in [0.15, 0.2) is 0 Å². The van der Waals surface area contributed by atoms with E-state index in [4.69, 9.17) is 10.5 Å². The highest BCUT2D eigenvalue weighted by atomic mass is 16.5. The zero-order chi connectivity index (χ0) is 13.1. The smallest absolute Gasteiger partial charge is 0.118 e. The van der Waals surface area contributed by atoms with Crippen molar-refractivity contribution in [2.75, 3.05) is 7.11 Å². The van der Waals surface area contributed by atoms with Crippen LogP contribution in [0.2, 0.25) is 0 Å². The van der Waals surface area contributed by atoms with Gasteiger partial charge in [0.2, 0.25) is 0 Å². The maximum absolute atomic E-state index is 5.88. The third-order valence-electron chi connectivity index (χ3n) is 2.98. The molecule has 4 heteroatoms. The Balaban J connectivity index is 2.37. The van der Waals surface area contributed by atoms with Gasteiger partial charge >= 0.3 is 0 Å². The van der Waals surface area contributed by atoms with Gasteiger partial charge in [0.25, 0.3) is 0 Å². The summed E-state index contributed by atoms with van der Waals surface area (Å²) in [6, 6.07) is 8.12. The maximum Gasteiger partial charge on any atom is 0.118 e. The van der Waals surface area contributed by atoms with E-state index in [1.165, 1.54) is 0 Å². The molecule has 2 N–H and O–H groups in total. The monoisotopic (exact) mass is 245 g/mol. The molecule has 0 saturated heterocycles. The predicted molar refractivity (Wildman–Crippen MR) is 72.5 cm³/mol. The number of nitrogens with zero attached hydrogens (tertiary/aromatic N) is 2. The van der Waals surface area contributed by atoms with Crippen molar-refractivity contribution in [2.24, 2.45) is 12.8 Å². The first-order valence-corrected chi connectivity index (χ1v) is 6.02. The predicted octanol–water partition coefficient (Wildman–Crippen LogP) is 1.99. The number of benzene rings is 1.